The highest BCUT2D eigenvalue weighted by Gasteiger charge is 2.50. The highest BCUT2D eigenvalue weighted by molar-refractivity contribution is 7.03. The van der Waals surface area contributed by atoms with E-state index in [1.807, 2.05) is 0 Å². The fourth-order valence-electron chi connectivity index (χ4n) is 8.92. The molecule has 8 aromatic carbocycles. The highest BCUT2D eigenvalue weighted by atomic mass is 15.2. The lowest BCUT2D eigenvalue weighted by atomic mass is 9.31. The highest BCUT2D eigenvalue weighted by Crippen LogP contribution is 2.54. The van der Waals surface area contributed by atoms with Gasteiger partial charge in [-0.3, -0.25) is 0 Å². The number of benzene rings is 8. The van der Waals surface area contributed by atoms with Crippen LogP contribution in [0.5, 0.6) is 0 Å². The number of nitrogens with zero attached hydrogens (tertiary/aromatic N) is 3. The van der Waals surface area contributed by atoms with Crippen LogP contribution in [0.25, 0.3) is 22.3 Å². The van der Waals surface area contributed by atoms with Gasteiger partial charge in [-0.1, -0.05) is 127 Å². The number of hydrogen-bond acceptors (Lipinski definition) is 3. The molecule has 8 aromatic rings. The Labute approximate surface area is 304 Å². The van der Waals surface area contributed by atoms with E-state index in [4.69, 9.17) is 0 Å². The van der Waals surface area contributed by atoms with Gasteiger partial charge in [-0.25, -0.2) is 0 Å². The van der Waals surface area contributed by atoms with E-state index in [0.717, 1.165) is 17.1 Å². The summed E-state index contributed by atoms with van der Waals surface area (Å²) in [6.45, 7) is 0.00779. The van der Waals surface area contributed by atoms with Gasteiger partial charge in [0.05, 0.1) is 11.4 Å². The average molecular weight is 662 g/mol. The van der Waals surface area contributed by atoms with Crippen LogP contribution < -0.4 is 31.1 Å². The second kappa shape index (κ2) is 11.4. The summed E-state index contributed by atoms with van der Waals surface area (Å²) in [6, 6.07) is 70.8. The van der Waals surface area contributed by atoms with Crippen LogP contribution in [0.15, 0.2) is 194 Å². The second-order valence-electron chi connectivity index (χ2n) is 13.7. The zero-order valence-corrected chi connectivity index (χ0v) is 28.4. The Morgan fingerprint density at radius 3 is 1.00 bits per heavy atom. The van der Waals surface area contributed by atoms with Gasteiger partial charge in [0, 0.05) is 50.9 Å². The lowest BCUT2D eigenvalue weighted by Gasteiger charge is -2.50. The predicted octanol–water partition coefficient (Wildman–Crippen LogP) is 10.9. The first kappa shape index (κ1) is 29.0. The van der Waals surface area contributed by atoms with E-state index >= 15 is 0 Å². The molecule has 0 saturated heterocycles. The molecule has 0 bridgehead atoms. The SMILES string of the molecule is c1ccc(-c2cc(-c3ccccc3)c3c4c2N(c2ccccc2)c2cccc5c2B4c2c(cccc2N3c2ccccc2)N5c2ccccc2)cc1. The molecular weight excluding hydrogens is 629 g/mol. The molecule has 0 radical (unpaired) electrons. The average Bonchev–Trinajstić information content (AvgIpc) is 3.22. The standard InChI is InChI=1S/C48H32BN3/c1-6-18-33(19-7-1)38-32-39(34-20-8-2-9-21-34)48-46-47(38)51(36-24-12-4-13-25-36)42-30-16-28-40-44(42)49(46)45-41(50(40)35-22-10-3-11-23-35)29-17-31-43(45)52(48)37-26-14-5-15-27-37/h1-32H. The van der Waals surface area contributed by atoms with Gasteiger partial charge in [0.15, 0.2) is 0 Å². The van der Waals surface area contributed by atoms with E-state index < -0.39 is 0 Å². The molecule has 0 unspecified atom stereocenters. The molecular formula is C48H32BN3. The third-order valence-electron chi connectivity index (χ3n) is 10.9. The van der Waals surface area contributed by atoms with E-state index in [1.165, 1.54) is 72.8 Å². The lowest BCUT2D eigenvalue weighted by Crippen LogP contribution is -2.65. The summed E-state index contributed by atoms with van der Waals surface area (Å²) < 4.78 is 0. The first-order valence-electron chi connectivity index (χ1n) is 18.0. The molecule has 0 saturated carbocycles. The maximum atomic E-state index is 2.54. The minimum absolute atomic E-state index is 0.00779. The van der Waals surface area contributed by atoms with Gasteiger partial charge in [-0.05, 0) is 94.2 Å². The summed E-state index contributed by atoms with van der Waals surface area (Å²) in [5.41, 5.74) is 19.6. The summed E-state index contributed by atoms with van der Waals surface area (Å²) >= 11 is 0. The number of para-hydroxylation sites is 3. The number of hydrogen-bond donors (Lipinski definition) is 0. The van der Waals surface area contributed by atoms with Crippen molar-refractivity contribution < 1.29 is 0 Å². The first-order chi connectivity index (χ1) is 25.9. The molecule has 3 nitrogen and oxygen atoms in total. The summed E-state index contributed by atoms with van der Waals surface area (Å²) in [6.07, 6.45) is 0. The van der Waals surface area contributed by atoms with Crippen molar-refractivity contribution in [2.24, 2.45) is 0 Å². The molecule has 3 aliphatic rings. The summed E-state index contributed by atoms with van der Waals surface area (Å²) in [5.74, 6) is 0. The molecule has 52 heavy (non-hydrogen) atoms. The molecule has 11 rings (SSSR count). The van der Waals surface area contributed by atoms with Crippen LogP contribution in [0.2, 0.25) is 0 Å². The van der Waals surface area contributed by atoms with Gasteiger partial charge in [0.25, 0.3) is 6.71 Å². The van der Waals surface area contributed by atoms with Crippen molar-refractivity contribution in [3.8, 4) is 22.3 Å². The quantitative estimate of drug-likeness (QED) is 0.170. The summed E-state index contributed by atoms with van der Waals surface area (Å²) in [5, 5.41) is 0. The normalized spacial score (nSPS) is 13.2. The maximum Gasteiger partial charge on any atom is 0.257 e. The monoisotopic (exact) mass is 661 g/mol. The van der Waals surface area contributed by atoms with E-state index in [9.17, 15) is 0 Å². The Balaban J connectivity index is 1.37. The molecule has 4 heteroatoms. The molecule has 0 fully saturated rings. The molecule has 242 valence electrons. The van der Waals surface area contributed by atoms with Crippen molar-refractivity contribution >= 4 is 74.3 Å². The molecule has 3 aliphatic heterocycles. The van der Waals surface area contributed by atoms with Crippen molar-refractivity contribution in [2.75, 3.05) is 14.7 Å². The Morgan fingerprint density at radius 2 is 0.615 bits per heavy atom. The van der Waals surface area contributed by atoms with Crippen molar-refractivity contribution in [3.63, 3.8) is 0 Å². The lowest BCUT2D eigenvalue weighted by molar-refractivity contribution is 1.22. The largest absolute Gasteiger partial charge is 0.311 e. The van der Waals surface area contributed by atoms with Gasteiger partial charge < -0.3 is 14.7 Å². The van der Waals surface area contributed by atoms with Crippen molar-refractivity contribution in [2.45, 2.75) is 0 Å². The van der Waals surface area contributed by atoms with E-state index in [-0.39, 0.29) is 6.71 Å². The van der Waals surface area contributed by atoms with Crippen LogP contribution in [-0.4, -0.2) is 6.71 Å². The zero-order valence-electron chi connectivity index (χ0n) is 28.4. The van der Waals surface area contributed by atoms with Crippen LogP contribution >= 0.6 is 0 Å². The molecule has 0 aliphatic carbocycles. The van der Waals surface area contributed by atoms with Gasteiger partial charge >= 0.3 is 0 Å². The van der Waals surface area contributed by atoms with Crippen LogP contribution in [0.1, 0.15) is 0 Å². The smallest absolute Gasteiger partial charge is 0.257 e. The van der Waals surface area contributed by atoms with Crippen LogP contribution in [0, 0.1) is 0 Å². The minimum atomic E-state index is 0.00779. The Kier molecular flexibility index (Phi) is 6.35. The fraction of sp³-hybridized carbons (Fsp3) is 0. The molecule has 0 atom stereocenters. The van der Waals surface area contributed by atoms with Crippen molar-refractivity contribution in [1.29, 1.82) is 0 Å². The topological polar surface area (TPSA) is 9.72 Å². The van der Waals surface area contributed by atoms with Crippen LogP contribution in [0.3, 0.4) is 0 Å². The summed E-state index contributed by atoms with van der Waals surface area (Å²) in [7, 11) is 0. The molecule has 0 N–H and O–H groups in total. The van der Waals surface area contributed by atoms with E-state index in [1.54, 1.807) is 0 Å². The molecule has 0 spiro atoms. The number of rotatable bonds is 5. The Morgan fingerprint density at radius 1 is 0.288 bits per heavy atom. The fourth-order valence-corrected chi connectivity index (χ4v) is 8.92. The first-order valence-corrected chi connectivity index (χ1v) is 18.0. The van der Waals surface area contributed by atoms with Crippen molar-refractivity contribution in [1.82, 2.24) is 0 Å². The molecule has 3 heterocycles. The minimum Gasteiger partial charge on any atom is -0.311 e. The van der Waals surface area contributed by atoms with E-state index in [2.05, 4.69) is 209 Å². The van der Waals surface area contributed by atoms with Gasteiger partial charge in [0.2, 0.25) is 0 Å². The van der Waals surface area contributed by atoms with Gasteiger partial charge in [0.1, 0.15) is 0 Å². The zero-order chi connectivity index (χ0) is 34.2. The van der Waals surface area contributed by atoms with Gasteiger partial charge in [-0.15, -0.1) is 0 Å². The van der Waals surface area contributed by atoms with Crippen LogP contribution in [-0.2, 0) is 0 Å². The Bertz CT molecular complexity index is 2470. The van der Waals surface area contributed by atoms with Crippen LogP contribution in [0.4, 0.5) is 51.2 Å². The number of anilines is 9. The molecule has 0 amide bonds. The van der Waals surface area contributed by atoms with Gasteiger partial charge in [-0.2, -0.15) is 0 Å². The van der Waals surface area contributed by atoms with E-state index in [0.29, 0.717) is 0 Å². The molecule has 0 aromatic heterocycles. The predicted molar refractivity (Wildman–Crippen MR) is 220 cm³/mol. The maximum absolute atomic E-state index is 2.54. The Hall–Kier alpha value is -6.78. The second-order valence-corrected chi connectivity index (χ2v) is 13.7. The van der Waals surface area contributed by atoms with Crippen molar-refractivity contribution in [3.05, 3.63) is 194 Å². The third kappa shape index (κ3) is 4.09. The summed E-state index contributed by atoms with van der Waals surface area (Å²) in [4.78, 5) is 7.56. The third-order valence-corrected chi connectivity index (χ3v) is 10.9.